The predicted molar refractivity (Wildman–Crippen MR) is 54.6 cm³/mol. The van der Waals surface area contributed by atoms with Gasteiger partial charge in [-0.05, 0) is 12.1 Å². The molecule has 0 unspecified atom stereocenters. The summed E-state index contributed by atoms with van der Waals surface area (Å²) in [7, 11) is 0. The van der Waals surface area contributed by atoms with Crippen molar-refractivity contribution < 1.29 is 32.2 Å². The Balaban J connectivity index is 2.97. The molecule has 98 valence electrons. The second-order valence-electron chi connectivity index (χ2n) is 3.23. The molecule has 0 atom stereocenters. The summed E-state index contributed by atoms with van der Waals surface area (Å²) in [5, 5.41) is 8.39. The summed E-state index contributed by atoms with van der Waals surface area (Å²) in [5.74, 6) is -2.93. The van der Waals surface area contributed by atoms with Crippen LogP contribution in [0.15, 0.2) is 24.3 Å². The summed E-state index contributed by atoms with van der Waals surface area (Å²) in [6.45, 7) is -1.65. The van der Waals surface area contributed by atoms with E-state index in [1.807, 2.05) is 0 Å². The standard InChI is InChI=1S/C11H8F4O3/c12-8-3-1-2-7(4-5-9(16)17)10(8)18-6-11(13,14)15/h1-5H,6H2,(H,16,17)/b5-4+. The van der Waals surface area contributed by atoms with Gasteiger partial charge >= 0.3 is 12.1 Å². The van der Waals surface area contributed by atoms with E-state index in [-0.39, 0.29) is 5.56 Å². The van der Waals surface area contributed by atoms with Crippen LogP contribution in [-0.2, 0) is 4.79 Å². The molecule has 0 spiro atoms. The normalized spacial score (nSPS) is 11.8. The van der Waals surface area contributed by atoms with Gasteiger partial charge in [0.1, 0.15) is 0 Å². The number of rotatable bonds is 4. The van der Waals surface area contributed by atoms with E-state index in [1.165, 1.54) is 12.1 Å². The lowest BCUT2D eigenvalue weighted by molar-refractivity contribution is -0.153. The van der Waals surface area contributed by atoms with Gasteiger partial charge in [0.25, 0.3) is 0 Å². The lowest BCUT2D eigenvalue weighted by atomic mass is 10.2. The van der Waals surface area contributed by atoms with Crippen molar-refractivity contribution in [1.82, 2.24) is 0 Å². The van der Waals surface area contributed by atoms with Crippen LogP contribution in [0.25, 0.3) is 6.08 Å². The molecule has 0 radical (unpaired) electrons. The van der Waals surface area contributed by atoms with Gasteiger partial charge in [-0.2, -0.15) is 13.2 Å². The number of alkyl halides is 3. The molecule has 0 bridgehead atoms. The van der Waals surface area contributed by atoms with E-state index >= 15 is 0 Å². The average Bonchev–Trinajstić information content (AvgIpc) is 2.23. The quantitative estimate of drug-likeness (QED) is 0.672. The molecule has 7 heteroatoms. The number of halogens is 4. The van der Waals surface area contributed by atoms with E-state index in [0.29, 0.717) is 6.08 Å². The first-order valence-electron chi connectivity index (χ1n) is 4.68. The lowest BCUT2D eigenvalue weighted by Gasteiger charge is -2.11. The number of carbonyl (C=O) groups is 1. The highest BCUT2D eigenvalue weighted by atomic mass is 19.4. The van der Waals surface area contributed by atoms with E-state index in [1.54, 1.807) is 0 Å². The summed E-state index contributed by atoms with van der Waals surface area (Å²) >= 11 is 0. The SMILES string of the molecule is O=C(O)/C=C/c1cccc(F)c1OCC(F)(F)F. The van der Waals surface area contributed by atoms with Crippen molar-refractivity contribution >= 4 is 12.0 Å². The fraction of sp³-hybridized carbons (Fsp3) is 0.182. The van der Waals surface area contributed by atoms with Crippen LogP contribution in [0.4, 0.5) is 17.6 Å². The average molecular weight is 264 g/mol. The van der Waals surface area contributed by atoms with E-state index in [2.05, 4.69) is 4.74 Å². The largest absolute Gasteiger partial charge is 0.480 e. The van der Waals surface area contributed by atoms with E-state index < -0.39 is 30.3 Å². The number of para-hydroxylation sites is 1. The van der Waals surface area contributed by atoms with Gasteiger partial charge < -0.3 is 9.84 Å². The highest BCUT2D eigenvalue weighted by molar-refractivity contribution is 5.85. The minimum Gasteiger partial charge on any atom is -0.480 e. The van der Waals surface area contributed by atoms with Crippen LogP contribution in [0.2, 0.25) is 0 Å². The molecule has 1 aromatic carbocycles. The lowest BCUT2D eigenvalue weighted by Crippen LogP contribution is -2.20. The Morgan fingerprint density at radius 1 is 1.39 bits per heavy atom. The molecular weight excluding hydrogens is 256 g/mol. The van der Waals surface area contributed by atoms with Crippen LogP contribution in [0, 0.1) is 5.82 Å². The molecule has 0 aromatic heterocycles. The third-order valence-corrected chi connectivity index (χ3v) is 1.78. The number of aliphatic carboxylic acids is 1. The Labute approximate surface area is 99.3 Å². The smallest absolute Gasteiger partial charge is 0.422 e. The third-order valence-electron chi connectivity index (χ3n) is 1.78. The highest BCUT2D eigenvalue weighted by Crippen LogP contribution is 2.26. The molecule has 0 saturated carbocycles. The molecule has 0 aliphatic carbocycles. The molecule has 18 heavy (non-hydrogen) atoms. The molecule has 1 aromatic rings. The Kier molecular flexibility index (Phi) is 4.30. The molecule has 0 amide bonds. The van der Waals surface area contributed by atoms with Crippen molar-refractivity contribution in [3.05, 3.63) is 35.7 Å². The van der Waals surface area contributed by atoms with Crippen LogP contribution in [-0.4, -0.2) is 23.9 Å². The first-order valence-corrected chi connectivity index (χ1v) is 4.68. The summed E-state index contributed by atoms with van der Waals surface area (Å²) in [4.78, 5) is 10.3. The predicted octanol–water partition coefficient (Wildman–Crippen LogP) is 2.86. The molecule has 1 N–H and O–H groups in total. The summed E-state index contributed by atoms with van der Waals surface area (Å²) in [6.07, 6.45) is -2.97. The number of ether oxygens (including phenoxy) is 1. The van der Waals surface area contributed by atoms with Crippen LogP contribution in [0.5, 0.6) is 5.75 Å². The highest BCUT2D eigenvalue weighted by Gasteiger charge is 2.29. The van der Waals surface area contributed by atoms with Gasteiger partial charge in [0.2, 0.25) is 0 Å². The van der Waals surface area contributed by atoms with E-state index in [0.717, 1.165) is 12.1 Å². The first-order chi connectivity index (χ1) is 8.29. The number of carboxylic acids is 1. The minimum atomic E-state index is -4.60. The first kappa shape index (κ1) is 14.0. The van der Waals surface area contributed by atoms with Gasteiger partial charge in [-0.25, -0.2) is 9.18 Å². The van der Waals surface area contributed by atoms with Crippen molar-refractivity contribution in [3.63, 3.8) is 0 Å². The maximum atomic E-state index is 13.3. The summed E-state index contributed by atoms with van der Waals surface area (Å²) in [5.41, 5.74) is -0.0818. The van der Waals surface area contributed by atoms with Gasteiger partial charge in [-0.1, -0.05) is 12.1 Å². The number of benzene rings is 1. The Morgan fingerprint density at radius 3 is 2.61 bits per heavy atom. The third kappa shape index (κ3) is 4.44. The Hall–Kier alpha value is -2.05. The zero-order chi connectivity index (χ0) is 13.8. The van der Waals surface area contributed by atoms with Crippen molar-refractivity contribution in [3.8, 4) is 5.75 Å². The van der Waals surface area contributed by atoms with Crippen molar-refractivity contribution in [1.29, 1.82) is 0 Å². The minimum absolute atomic E-state index is 0.0818. The van der Waals surface area contributed by atoms with Gasteiger partial charge in [0.15, 0.2) is 18.2 Å². The topological polar surface area (TPSA) is 46.5 Å². The van der Waals surface area contributed by atoms with E-state index in [4.69, 9.17) is 5.11 Å². The second kappa shape index (κ2) is 5.52. The molecule has 0 fully saturated rings. The van der Waals surface area contributed by atoms with Crippen molar-refractivity contribution in [2.24, 2.45) is 0 Å². The van der Waals surface area contributed by atoms with Gasteiger partial charge in [0, 0.05) is 11.6 Å². The summed E-state index contributed by atoms with van der Waals surface area (Å²) in [6, 6.07) is 3.40. The second-order valence-corrected chi connectivity index (χ2v) is 3.23. The maximum absolute atomic E-state index is 13.3. The molecule has 0 aliphatic rings. The molecule has 3 nitrogen and oxygen atoms in total. The van der Waals surface area contributed by atoms with Crippen LogP contribution in [0.3, 0.4) is 0 Å². The zero-order valence-corrected chi connectivity index (χ0v) is 8.87. The maximum Gasteiger partial charge on any atom is 0.422 e. The van der Waals surface area contributed by atoms with Crippen LogP contribution in [0.1, 0.15) is 5.56 Å². The molecular formula is C11H8F4O3. The van der Waals surface area contributed by atoms with Crippen LogP contribution >= 0.6 is 0 Å². The number of hydrogen-bond donors (Lipinski definition) is 1. The molecule has 0 aliphatic heterocycles. The number of carboxylic acid groups (broad SMARTS) is 1. The summed E-state index contributed by atoms with van der Waals surface area (Å²) < 4.78 is 53.5. The van der Waals surface area contributed by atoms with Crippen molar-refractivity contribution in [2.75, 3.05) is 6.61 Å². The van der Waals surface area contributed by atoms with Gasteiger partial charge in [-0.15, -0.1) is 0 Å². The molecule has 1 rings (SSSR count). The van der Waals surface area contributed by atoms with Gasteiger partial charge in [0.05, 0.1) is 0 Å². The van der Waals surface area contributed by atoms with Crippen LogP contribution < -0.4 is 4.74 Å². The Morgan fingerprint density at radius 2 is 2.06 bits per heavy atom. The fourth-order valence-electron chi connectivity index (χ4n) is 1.12. The van der Waals surface area contributed by atoms with E-state index in [9.17, 15) is 22.4 Å². The fourth-order valence-corrected chi connectivity index (χ4v) is 1.12. The monoisotopic (exact) mass is 264 g/mol. The molecule has 0 saturated heterocycles. The van der Waals surface area contributed by atoms with Crippen molar-refractivity contribution in [2.45, 2.75) is 6.18 Å². The zero-order valence-electron chi connectivity index (χ0n) is 8.87. The number of hydrogen-bond acceptors (Lipinski definition) is 2. The van der Waals surface area contributed by atoms with Gasteiger partial charge in [-0.3, -0.25) is 0 Å². The Bertz CT molecular complexity index is 466. The molecule has 0 heterocycles.